The van der Waals surface area contributed by atoms with Crippen LogP contribution in [-0.4, -0.2) is 46.6 Å². The minimum Gasteiger partial charge on any atom is -0.394 e. The smallest absolute Gasteiger partial charge is 0.356 e. The Morgan fingerprint density at radius 3 is 2.88 bits per heavy atom. The van der Waals surface area contributed by atoms with Gasteiger partial charge in [-0.15, -0.1) is 5.12 Å². The van der Waals surface area contributed by atoms with Crippen molar-refractivity contribution in [2.45, 2.75) is 32.1 Å². The Labute approximate surface area is 98.4 Å². The summed E-state index contributed by atoms with van der Waals surface area (Å²) in [5, 5.41) is 8.89. The van der Waals surface area contributed by atoms with Gasteiger partial charge in [0, 0.05) is 6.54 Å². The number of aliphatic hydroxyl groups excluding tert-OH is 1. The fourth-order valence-electron chi connectivity index (χ4n) is 2.06. The van der Waals surface area contributed by atoms with E-state index in [0.29, 0.717) is 18.4 Å². The predicted molar refractivity (Wildman–Crippen MR) is 56.9 cm³/mol. The maximum Gasteiger partial charge on any atom is 0.356 e. The third-order valence-electron chi connectivity index (χ3n) is 3.11. The first-order valence-electron chi connectivity index (χ1n) is 5.52. The van der Waals surface area contributed by atoms with Gasteiger partial charge in [0.05, 0.1) is 12.7 Å². The van der Waals surface area contributed by atoms with E-state index in [9.17, 15) is 9.28 Å². The van der Waals surface area contributed by atoms with Crippen molar-refractivity contribution >= 4 is 6.03 Å². The number of urea groups is 1. The molecule has 2 aliphatic heterocycles. The summed E-state index contributed by atoms with van der Waals surface area (Å²) >= 11 is 0. The molecule has 2 aliphatic rings. The number of hydrogen-bond donors (Lipinski definition) is 2. The van der Waals surface area contributed by atoms with Gasteiger partial charge in [0.2, 0.25) is 0 Å². The lowest BCUT2D eigenvalue weighted by Crippen LogP contribution is -2.51. The summed E-state index contributed by atoms with van der Waals surface area (Å²) in [6.07, 6.45) is 0.498. The molecule has 2 amide bonds. The van der Waals surface area contributed by atoms with Crippen LogP contribution >= 0.6 is 0 Å². The molecule has 0 aromatic carbocycles. The van der Waals surface area contributed by atoms with Crippen LogP contribution in [0.5, 0.6) is 0 Å². The van der Waals surface area contributed by atoms with Crippen LogP contribution in [0, 0.1) is 0 Å². The van der Waals surface area contributed by atoms with Crippen molar-refractivity contribution in [3.05, 3.63) is 11.4 Å². The molecule has 0 radical (unpaired) electrons. The van der Waals surface area contributed by atoms with Crippen LogP contribution in [0.2, 0.25) is 0 Å². The SMILES string of the molecule is CC1=C(N)N(F)C(=O)N([C@H]2CC[C@@H](CO)O2)C1. The number of rotatable bonds is 2. The van der Waals surface area contributed by atoms with Crippen molar-refractivity contribution in [3.63, 3.8) is 0 Å². The Morgan fingerprint density at radius 1 is 1.59 bits per heavy atom. The quantitative estimate of drug-likeness (QED) is 0.686. The molecule has 2 rings (SSSR count). The zero-order valence-electron chi connectivity index (χ0n) is 9.60. The Hall–Kier alpha value is -1.34. The molecule has 2 heterocycles. The van der Waals surface area contributed by atoms with Crippen LogP contribution in [0.1, 0.15) is 19.8 Å². The van der Waals surface area contributed by atoms with E-state index in [1.165, 1.54) is 4.90 Å². The first-order chi connectivity index (χ1) is 8.04. The van der Waals surface area contributed by atoms with E-state index in [1.807, 2.05) is 0 Å². The van der Waals surface area contributed by atoms with E-state index >= 15 is 0 Å². The molecule has 2 atom stereocenters. The van der Waals surface area contributed by atoms with Gasteiger partial charge in [-0.3, -0.25) is 4.90 Å². The molecular formula is C10H16FN3O3. The first kappa shape index (κ1) is 12.1. The van der Waals surface area contributed by atoms with Crippen molar-refractivity contribution in [1.82, 2.24) is 10.0 Å². The van der Waals surface area contributed by atoms with Crippen LogP contribution in [-0.2, 0) is 4.74 Å². The fraction of sp³-hybridized carbons (Fsp3) is 0.700. The Bertz CT molecular complexity index is 361. The van der Waals surface area contributed by atoms with Crippen LogP contribution < -0.4 is 5.73 Å². The summed E-state index contributed by atoms with van der Waals surface area (Å²) in [4.78, 5) is 13.0. The molecule has 96 valence electrons. The number of carbonyl (C=O) groups excluding carboxylic acids is 1. The van der Waals surface area contributed by atoms with E-state index in [-0.39, 0.29) is 30.2 Å². The van der Waals surface area contributed by atoms with E-state index < -0.39 is 12.3 Å². The number of amides is 2. The number of hydrogen-bond acceptors (Lipinski definition) is 4. The molecule has 1 saturated heterocycles. The summed E-state index contributed by atoms with van der Waals surface area (Å²) < 4.78 is 18.9. The third-order valence-corrected chi connectivity index (χ3v) is 3.11. The van der Waals surface area contributed by atoms with Gasteiger partial charge in [0.15, 0.2) is 0 Å². The molecule has 0 unspecified atom stereocenters. The number of halogens is 1. The third kappa shape index (κ3) is 2.07. The summed E-state index contributed by atoms with van der Waals surface area (Å²) in [7, 11) is 0. The second-order valence-corrected chi connectivity index (χ2v) is 4.33. The predicted octanol–water partition coefficient (Wildman–Crippen LogP) is 0.296. The van der Waals surface area contributed by atoms with E-state index in [1.54, 1.807) is 6.92 Å². The van der Waals surface area contributed by atoms with Crippen molar-refractivity contribution in [3.8, 4) is 0 Å². The number of nitrogens with zero attached hydrogens (tertiary/aromatic N) is 2. The number of carbonyl (C=O) groups is 1. The summed E-state index contributed by atoms with van der Waals surface area (Å²) in [5.41, 5.74) is 6.02. The van der Waals surface area contributed by atoms with Gasteiger partial charge >= 0.3 is 6.03 Å². The lowest BCUT2D eigenvalue weighted by Gasteiger charge is -2.34. The molecule has 0 aromatic heterocycles. The Morgan fingerprint density at radius 2 is 2.29 bits per heavy atom. The molecule has 0 bridgehead atoms. The molecule has 17 heavy (non-hydrogen) atoms. The normalized spacial score (nSPS) is 30.4. The average molecular weight is 245 g/mol. The molecule has 1 fully saturated rings. The number of nitrogens with two attached hydrogens (primary N) is 1. The van der Waals surface area contributed by atoms with E-state index in [0.717, 1.165) is 0 Å². The summed E-state index contributed by atoms with van der Waals surface area (Å²) in [5.74, 6) is -0.150. The summed E-state index contributed by atoms with van der Waals surface area (Å²) in [6.45, 7) is 1.84. The standard InChI is InChI=1S/C10H16FN3O3/c1-6-4-13(10(16)14(11)9(6)12)8-3-2-7(5-15)17-8/h7-8,15H,2-5,12H2,1H3/t7-,8+/m0/s1. The van der Waals surface area contributed by atoms with Crippen LogP contribution in [0.25, 0.3) is 0 Å². The van der Waals surface area contributed by atoms with Crippen molar-refractivity contribution in [2.75, 3.05) is 13.2 Å². The highest BCUT2D eigenvalue weighted by atomic mass is 19.2. The highest BCUT2D eigenvalue weighted by Crippen LogP contribution is 2.27. The van der Waals surface area contributed by atoms with Crippen LogP contribution in [0.4, 0.5) is 9.28 Å². The lowest BCUT2D eigenvalue weighted by atomic mass is 10.2. The Balaban J connectivity index is 2.11. The molecule has 3 N–H and O–H groups in total. The van der Waals surface area contributed by atoms with Gasteiger partial charge in [0.1, 0.15) is 12.0 Å². The monoisotopic (exact) mass is 245 g/mol. The lowest BCUT2D eigenvalue weighted by molar-refractivity contribution is -0.0645. The zero-order valence-corrected chi connectivity index (χ0v) is 9.60. The Kier molecular flexibility index (Phi) is 3.21. The van der Waals surface area contributed by atoms with Crippen LogP contribution in [0.15, 0.2) is 11.4 Å². The number of ether oxygens (including phenoxy) is 1. The molecule has 0 saturated carbocycles. The van der Waals surface area contributed by atoms with Gasteiger partial charge < -0.3 is 15.6 Å². The topological polar surface area (TPSA) is 79.0 Å². The van der Waals surface area contributed by atoms with E-state index in [2.05, 4.69) is 0 Å². The van der Waals surface area contributed by atoms with Gasteiger partial charge in [0.25, 0.3) is 0 Å². The maximum absolute atomic E-state index is 13.5. The molecule has 0 spiro atoms. The molecule has 6 nitrogen and oxygen atoms in total. The van der Waals surface area contributed by atoms with Crippen molar-refractivity contribution in [1.29, 1.82) is 0 Å². The zero-order chi connectivity index (χ0) is 12.6. The first-order valence-corrected chi connectivity index (χ1v) is 5.52. The molecule has 7 heteroatoms. The average Bonchev–Trinajstić information content (AvgIpc) is 2.79. The van der Waals surface area contributed by atoms with Gasteiger partial charge in [-0.05, 0) is 25.3 Å². The fourth-order valence-corrected chi connectivity index (χ4v) is 2.06. The maximum atomic E-state index is 13.5. The van der Waals surface area contributed by atoms with Gasteiger partial charge in [-0.1, -0.05) is 4.48 Å². The van der Waals surface area contributed by atoms with Gasteiger partial charge in [-0.2, -0.15) is 0 Å². The molecular weight excluding hydrogens is 229 g/mol. The summed E-state index contributed by atoms with van der Waals surface area (Å²) in [6, 6.07) is -0.809. The minimum atomic E-state index is -0.809. The minimum absolute atomic E-state index is 0.0610. The highest BCUT2D eigenvalue weighted by molar-refractivity contribution is 5.77. The highest BCUT2D eigenvalue weighted by Gasteiger charge is 2.38. The molecule has 0 aromatic rings. The second kappa shape index (κ2) is 4.50. The van der Waals surface area contributed by atoms with E-state index in [4.69, 9.17) is 15.6 Å². The second-order valence-electron chi connectivity index (χ2n) is 4.33. The largest absolute Gasteiger partial charge is 0.394 e. The van der Waals surface area contributed by atoms with Crippen molar-refractivity contribution < 1.29 is 19.1 Å². The number of aliphatic hydroxyl groups is 1. The van der Waals surface area contributed by atoms with Crippen LogP contribution in [0.3, 0.4) is 0 Å². The van der Waals surface area contributed by atoms with Crippen molar-refractivity contribution in [2.24, 2.45) is 5.73 Å². The molecule has 0 aliphatic carbocycles. The van der Waals surface area contributed by atoms with Gasteiger partial charge in [-0.25, -0.2) is 4.79 Å².